The fourth-order valence-corrected chi connectivity index (χ4v) is 4.60. The summed E-state index contributed by atoms with van der Waals surface area (Å²) in [6, 6.07) is -4.04. The number of aryl methyl sites for hydroxylation is 1. The van der Waals surface area contributed by atoms with Gasteiger partial charge in [0.15, 0.2) is 5.78 Å². The molecule has 7 nitrogen and oxygen atoms in total. The van der Waals surface area contributed by atoms with Crippen molar-refractivity contribution in [2.75, 3.05) is 37.2 Å². The molecule has 0 unspecified atom stereocenters. The highest BCUT2D eigenvalue weighted by molar-refractivity contribution is 7.92. The van der Waals surface area contributed by atoms with Gasteiger partial charge < -0.3 is 14.1 Å². The zero-order chi connectivity index (χ0) is 34.3. The summed E-state index contributed by atoms with van der Waals surface area (Å²) in [4.78, 5) is 16.5. The second-order valence-corrected chi connectivity index (χ2v) is 11.4. The molecule has 0 saturated carbocycles. The quantitative estimate of drug-likeness (QED) is 0.132. The van der Waals surface area contributed by atoms with Crippen LogP contribution in [0.3, 0.4) is 0 Å². The highest BCUT2D eigenvalue weighted by Crippen LogP contribution is 2.32. The van der Waals surface area contributed by atoms with Gasteiger partial charge in [-0.15, -0.1) is 0 Å². The van der Waals surface area contributed by atoms with Crippen LogP contribution < -0.4 is 9.46 Å². The molecule has 8 heteroatoms. The third-order valence-electron chi connectivity index (χ3n) is 6.15. The van der Waals surface area contributed by atoms with Gasteiger partial charge in [-0.1, -0.05) is 40.0 Å². The molecule has 39 heavy (non-hydrogen) atoms. The average Bonchev–Trinajstić information content (AvgIpc) is 3.39. The molecule has 0 radical (unpaired) electrons. The smallest absolute Gasteiger partial charge is 0.229 e. The standard InChI is InChI=1S/C31H44N2O5S/c1-5-8-12-29-30(27-23-25(32-39(4,35)36)15-18-28(27)38-29)31(34)24-13-16-26(17-14-24)37-22-11-21-33(19-9-6-2)20-10-7-3/h13-18,23,32H,5-12,19-22H2,1-4H3/i13D,14D,15D,16D,17D,18D,23D. The first-order valence-corrected chi connectivity index (χ1v) is 15.6. The van der Waals surface area contributed by atoms with Crippen LogP contribution in [0.15, 0.2) is 46.7 Å². The molecular weight excluding hydrogens is 512 g/mol. The minimum absolute atomic E-state index is 0.0487. The molecule has 0 aliphatic carbocycles. The fourth-order valence-electron chi connectivity index (χ4n) is 4.12. The van der Waals surface area contributed by atoms with Gasteiger partial charge in [0, 0.05) is 29.6 Å². The lowest BCUT2D eigenvalue weighted by atomic mass is 9.98. The van der Waals surface area contributed by atoms with E-state index in [-0.39, 0.29) is 41.1 Å². The van der Waals surface area contributed by atoms with Crippen molar-refractivity contribution < 1.29 is 32.0 Å². The molecule has 0 bridgehead atoms. The van der Waals surface area contributed by atoms with Crippen molar-refractivity contribution in [3.05, 3.63) is 59.2 Å². The van der Waals surface area contributed by atoms with E-state index in [4.69, 9.17) is 18.7 Å². The largest absolute Gasteiger partial charge is 0.494 e. The third kappa shape index (κ3) is 9.39. The number of benzene rings is 2. The van der Waals surface area contributed by atoms with E-state index in [0.717, 1.165) is 51.6 Å². The molecule has 0 aliphatic rings. The summed E-state index contributed by atoms with van der Waals surface area (Å²) in [5, 5.41) is -0.240. The Labute approximate surface area is 243 Å². The van der Waals surface area contributed by atoms with Crippen molar-refractivity contribution in [1.29, 1.82) is 0 Å². The summed E-state index contributed by atoms with van der Waals surface area (Å²) in [6.45, 7) is 9.03. The Bertz CT molecular complexity index is 1640. The first-order chi connectivity index (χ1) is 21.7. The number of nitrogens with one attached hydrogen (secondary N) is 1. The number of rotatable bonds is 18. The molecule has 0 spiro atoms. The first-order valence-electron chi connectivity index (χ1n) is 17.2. The predicted molar refractivity (Wildman–Crippen MR) is 160 cm³/mol. The number of unbranched alkanes of at least 4 members (excludes halogenated alkanes) is 3. The number of anilines is 1. The Hall–Kier alpha value is -2.84. The summed E-state index contributed by atoms with van der Waals surface area (Å²) in [5.74, 6) is -1.18. The van der Waals surface area contributed by atoms with Crippen LogP contribution in [-0.2, 0) is 16.4 Å². The monoisotopic (exact) mass is 563 g/mol. The summed E-state index contributed by atoms with van der Waals surface area (Å²) < 4.78 is 97.7. The summed E-state index contributed by atoms with van der Waals surface area (Å²) in [5.41, 5.74) is -1.60. The van der Waals surface area contributed by atoms with E-state index >= 15 is 0 Å². The Morgan fingerprint density at radius 2 is 1.59 bits per heavy atom. The molecule has 0 fully saturated rings. The number of hydrogen-bond acceptors (Lipinski definition) is 6. The number of sulfonamides is 1. The van der Waals surface area contributed by atoms with E-state index in [1.54, 1.807) is 0 Å². The van der Waals surface area contributed by atoms with Crippen LogP contribution in [0.2, 0.25) is 0 Å². The van der Waals surface area contributed by atoms with Gasteiger partial charge in [-0.05, 0) is 81.1 Å². The van der Waals surface area contributed by atoms with Gasteiger partial charge in [-0.2, -0.15) is 0 Å². The lowest BCUT2D eigenvalue weighted by molar-refractivity contribution is 0.103. The van der Waals surface area contributed by atoms with Gasteiger partial charge in [0.25, 0.3) is 0 Å². The lowest BCUT2D eigenvalue weighted by Crippen LogP contribution is -2.28. The molecule has 0 atom stereocenters. The number of ether oxygens (including phenoxy) is 1. The number of fused-ring (bicyclic) bond motifs is 1. The Balaban J connectivity index is 2.06. The van der Waals surface area contributed by atoms with E-state index in [2.05, 4.69) is 23.5 Å². The van der Waals surface area contributed by atoms with Crippen LogP contribution in [0.25, 0.3) is 11.0 Å². The molecule has 1 N–H and O–H groups in total. The molecule has 2 aromatic carbocycles. The molecule has 3 rings (SSSR count). The number of ketones is 1. The second-order valence-electron chi connectivity index (χ2n) is 9.62. The summed E-state index contributed by atoms with van der Waals surface area (Å²) in [7, 11) is -3.97. The van der Waals surface area contributed by atoms with Crippen LogP contribution in [-0.4, -0.2) is 51.6 Å². The van der Waals surface area contributed by atoms with Gasteiger partial charge in [0.1, 0.15) is 17.1 Å². The molecule has 1 aromatic heterocycles. The first kappa shape index (κ1) is 21.9. The normalized spacial score (nSPS) is 14.3. The van der Waals surface area contributed by atoms with E-state index in [0.29, 0.717) is 19.3 Å². The van der Waals surface area contributed by atoms with Gasteiger partial charge in [-0.3, -0.25) is 9.52 Å². The minimum atomic E-state index is -3.97. The van der Waals surface area contributed by atoms with E-state index in [1.165, 1.54) is 0 Å². The molecule has 214 valence electrons. The van der Waals surface area contributed by atoms with Crippen LogP contribution >= 0.6 is 0 Å². The molecule has 3 aromatic rings. The second kappa shape index (κ2) is 15.1. The number of carbonyl (C=O) groups is 1. The third-order valence-corrected chi connectivity index (χ3v) is 6.73. The van der Waals surface area contributed by atoms with E-state index in [1.807, 2.05) is 6.92 Å². The van der Waals surface area contributed by atoms with Crippen molar-refractivity contribution >= 4 is 32.5 Å². The maximum atomic E-state index is 14.2. The fraction of sp³-hybridized carbons (Fsp3) is 0.516. The maximum Gasteiger partial charge on any atom is 0.229 e. The van der Waals surface area contributed by atoms with E-state index in [9.17, 15) is 13.2 Å². The van der Waals surface area contributed by atoms with Gasteiger partial charge >= 0.3 is 0 Å². The number of furan rings is 1. The highest BCUT2D eigenvalue weighted by atomic mass is 32.2. The van der Waals surface area contributed by atoms with Gasteiger partial charge in [0.05, 0.1) is 28.0 Å². The molecule has 1 heterocycles. The van der Waals surface area contributed by atoms with Gasteiger partial charge in [-0.25, -0.2) is 8.42 Å². The Kier molecular flexibility index (Phi) is 8.48. The number of hydrogen-bond donors (Lipinski definition) is 1. The lowest BCUT2D eigenvalue weighted by Gasteiger charge is -2.21. The predicted octanol–water partition coefficient (Wildman–Crippen LogP) is 7.05. The van der Waals surface area contributed by atoms with Crippen molar-refractivity contribution in [2.24, 2.45) is 0 Å². The SMILES string of the molecule is [2H]c1c([2H])c(C(=O)c2c(CCCC)oc3c([2H])c([2H])c(NS(C)(=O)=O)c([2H])c23)c([2H])c([2H])c1OCCCN(CCCC)CCCC. The minimum Gasteiger partial charge on any atom is -0.494 e. The van der Waals surface area contributed by atoms with Crippen LogP contribution in [0.1, 0.15) is 97.0 Å². The average molecular weight is 564 g/mol. The number of nitrogens with zero attached hydrogens (tertiary/aromatic N) is 1. The van der Waals surface area contributed by atoms with Crippen molar-refractivity contribution in [2.45, 2.75) is 72.1 Å². The zero-order valence-corrected chi connectivity index (χ0v) is 24.2. The Morgan fingerprint density at radius 3 is 2.21 bits per heavy atom. The van der Waals surface area contributed by atoms with Crippen molar-refractivity contribution in [3.8, 4) is 5.75 Å². The van der Waals surface area contributed by atoms with Crippen molar-refractivity contribution in [3.63, 3.8) is 0 Å². The highest BCUT2D eigenvalue weighted by Gasteiger charge is 2.22. The maximum absolute atomic E-state index is 14.2. The topological polar surface area (TPSA) is 88.8 Å². The summed E-state index contributed by atoms with van der Waals surface area (Å²) in [6.07, 6.45) is 7.18. The molecule has 0 aliphatic heterocycles. The zero-order valence-electron chi connectivity index (χ0n) is 30.4. The number of carbonyl (C=O) groups excluding carboxylic acids is 1. The van der Waals surface area contributed by atoms with Crippen LogP contribution in [0, 0.1) is 0 Å². The van der Waals surface area contributed by atoms with E-state index < -0.39 is 69.4 Å². The molecular formula is C31H44N2O5S. The van der Waals surface area contributed by atoms with Crippen LogP contribution in [0.4, 0.5) is 5.69 Å². The van der Waals surface area contributed by atoms with Crippen LogP contribution in [0.5, 0.6) is 5.75 Å². The summed E-state index contributed by atoms with van der Waals surface area (Å²) >= 11 is 0. The van der Waals surface area contributed by atoms with Crippen molar-refractivity contribution in [1.82, 2.24) is 4.90 Å². The molecule has 0 amide bonds. The Morgan fingerprint density at radius 1 is 0.949 bits per heavy atom. The van der Waals surface area contributed by atoms with Gasteiger partial charge in [0.2, 0.25) is 10.0 Å². The molecule has 0 saturated heterocycles.